The SMILES string of the molecule is CC(=O)c1sc(=Nc2ccc(C)cc2C)n(CCC[NH+]2CCOCC2)c1C. The molecule has 0 aliphatic carbocycles. The number of Topliss-reactive ketones (excluding diaryl/α,β-unsaturated/α-hetero) is 1. The average molecular weight is 389 g/mol. The van der Waals surface area contributed by atoms with Gasteiger partial charge in [0.25, 0.3) is 0 Å². The largest absolute Gasteiger partial charge is 0.370 e. The molecule has 0 radical (unpaired) electrons. The van der Waals surface area contributed by atoms with Gasteiger partial charge in [-0.3, -0.25) is 4.79 Å². The predicted molar refractivity (Wildman–Crippen MR) is 109 cm³/mol. The Morgan fingerprint density at radius 3 is 2.67 bits per heavy atom. The van der Waals surface area contributed by atoms with E-state index >= 15 is 0 Å². The van der Waals surface area contributed by atoms with E-state index in [1.807, 2.05) is 6.92 Å². The minimum Gasteiger partial charge on any atom is -0.370 e. The van der Waals surface area contributed by atoms with Gasteiger partial charge in [-0.15, -0.1) is 0 Å². The molecule has 1 aromatic carbocycles. The number of thiazole rings is 1. The number of quaternary nitrogens is 1. The van der Waals surface area contributed by atoms with Crippen LogP contribution in [0.3, 0.4) is 0 Å². The Labute approximate surface area is 165 Å². The lowest BCUT2D eigenvalue weighted by Crippen LogP contribution is -3.14. The zero-order valence-electron chi connectivity index (χ0n) is 16.8. The molecule has 0 saturated carbocycles. The summed E-state index contributed by atoms with van der Waals surface area (Å²) in [5.41, 5.74) is 4.41. The highest BCUT2D eigenvalue weighted by Crippen LogP contribution is 2.20. The number of carbonyl (C=O) groups is 1. The Bertz CT molecular complexity index is 876. The number of ether oxygens (including phenoxy) is 1. The van der Waals surface area contributed by atoms with E-state index in [4.69, 9.17) is 9.73 Å². The fraction of sp³-hybridized carbons (Fsp3) is 0.524. The second kappa shape index (κ2) is 8.95. The van der Waals surface area contributed by atoms with Crippen molar-refractivity contribution in [3.05, 3.63) is 44.7 Å². The van der Waals surface area contributed by atoms with Gasteiger partial charge in [0.2, 0.25) is 0 Å². The van der Waals surface area contributed by atoms with Gasteiger partial charge in [0, 0.05) is 25.6 Å². The monoisotopic (exact) mass is 388 g/mol. The van der Waals surface area contributed by atoms with Crippen molar-refractivity contribution < 1.29 is 14.4 Å². The Morgan fingerprint density at radius 2 is 2.00 bits per heavy atom. The van der Waals surface area contributed by atoms with Crippen molar-refractivity contribution in [2.24, 2.45) is 4.99 Å². The number of hydrogen-bond acceptors (Lipinski definition) is 4. The number of nitrogens with zero attached hydrogens (tertiary/aromatic N) is 2. The molecule has 146 valence electrons. The summed E-state index contributed by atoms with van der Waals surface area (Å²) in [5.74, 6) is 0.118. The second-order valence-electron chi connectivity index (χ2n) is 7.37. The number of benzene rings is 1. The fourth-order valence-electron chi connectivity index (χ4n) is 3.59. The first-order chi connectivity index (χ1) is 13.0. The maximum atomic E-state index is 12.1. The molecule has 1 aliphatic heterocycles. The van der Waals surface area contributed by atoms with Crippen LogP contribution in [0, 0.1) is 20.8 Å². The van der Waals surface area contributed by atoms with Crippen molar-refractivity contribution in [3.8, 4) is 0 Å². The maximum Gasteiger partial charge on any atom is 0.190 e. The molecule has 5 nitrogen and oxygen atoms in total. The van der Waals surface area contributed by atoms with Crippen LogP contribution in [0.5, 0.6) is 0 Å². The van der Waals surface area contributed by atoms with Crippen LogP contribution in [0.25, 0.3) is 0 Å². The minimum atomic E-state index is 0.118. The van der Waals surface area contributed by atoms with Crippen molar-refractivity contribution in [2.45, 2.75) is 40.7 Å². The smallest absolute Gasteiger partial charge is 0.190 e. The molecule has 2 heterocycles. The Balaban J connectivity index is 1.87. The van der Waals surface area contributed by atoms with Gasteiger partial charge >= 0.3 is 0 Å². The Hall–Kier alpha value is -1.76. The fourth-order valence-corrected chi connectivity index (χ4v) is 4.66. The van der Waals surface area contributed by atoms with Crippen LogP contribution in [-0.4, -0.2) is 43.2 Å². The van der Waals surface area contributed by atoms with Crippen LogP contribution in [0.4, 0.5) is 5.69 Å². The molecule has 0 atom stereocenters. The van der Waals surface area contributed by atoms with Gasteiger partial charge in [-0.1, -0.05) is 29.0 Å². The molecule has 1 fully saturated rings. The number of morpholine rings is 1. The third kappa shape index (κ3) is 4.94. The number of hydrogen-bond donors (Lipinski definition) is 1. The molecule has 6 heteroatoms. The molecule has 2 aromatic rings. The van der Waals surface area contributed by atoms with Gasteiger partial charge in [-0.05, 0) is 32.4 Å². The Kier molecular flexibility index (Phi) is 6.63. The molecular formula is C21H30N3O2S+. The van der Waals surface area contributed by atoms with Gasteiger partial charge in [0.15, 0.2) is 10.6 Å². The van der Waals surface area contributed by atoms with E-state index in [1.54, 1.807) is 11.8 Å². The van der Waals surface area contributed by atoms with Crippen LogP contribution >= 0.6 is 11.3 Å². The minimum absolute atomic E-state index is 0.118. The molecular weight excluding hydrogens is 358 g/mol. The van der Waals surface area contributed by atoms with E-state index < -0.39 is 0 Å². The summed E-state index contributed by atoms with van der Waals surface area (Å²) in [6.07, 6.45) is 1.07. The number of nitrogens with one attached hydrogen (secondary N) is 1. The molecule has 1 aromatic heterocycles. The molecule has 1 saturated heterocycles. The number of rotatable bonds is 6. The molecule has 27 heavy (non-hydrogen) atoms. The summed E-state index contributed by atoms with van der Waals surface area (Å²) >= 11 is 1.51. The molecule has 0 unspecified atom stereocenters. The lowest BCUT2D eigenvalue weighted by atomic mass is 10.1. The molecule has 1 aliphatic rings. The van der Waals surface area contributed by atoms with Gasteiger partial charge in [0.05, 0.1) is 30.3 Å². The van der Waals surface area contributed by atoms with E-state index in [0.717, 1.165) is 72.4 Å². The number of aromatic nitrogens is 1. The lowest BCUT2D eigenvalue weighted by molar-refractivity contribution is -0.908. The van der Waals surface area contributed by atoms with Crippen LogP contribution < -0.4 is 9.70 Å². The van der Waals surface area contributed by atoms with Crippen LogP contribution in [0.2, 0.25) is 0 Å². The van der Waals surface area contributed by atoms with E-state index in [0.29, 0.717) is 0 Å². The van der Waals surface area contributed by atoms with Gasteiger partial charge in [0.1, 0.15) is 13.1 Å². The summed E-state index contributed by atoms with van der Waals surface area (Å²) in [5, 5.41) is 0. The zero-order valence-corrected chi connectivity index (χ0v) is 17.6. The van der Waals surface area contributed by atoms with Crippen molar-refractivity contribution in [3.63, 3.8) is 0 Å². The van der Waals surface area contributed by atoms with Crippen molar-refractivity contribution >= 4 is 22.8 Å². The van der Waals surface area contributed by atoms with Crippen LogP contribution in [0.1, 0.15) is 39.8 Å². The first-order valence-electron chi connectivity index (χ1n) is 9.70. The summed E-state index contributed by atoms with van der Waals surface area (Å²) in [4.78, 5) is 20.3. The van der Waals surface area contributed by atoms with Crippen molar-refractivity contribution in [1.82, 2.24) is 4.57 Å². The topological polar surface area (TPSA) is 48.0 Å². The van der Waals surface area contributed by atoms with Crippen molar-refractivity contribution in [2.75, 3.05) is 32.8 Å². The van der Waals surface area contributed by atoms with E-state index in [2.05, 4.69) is 36.6 Å². The third-order valence-electron chi connectivity index (χ3n) is 5.16. The maximum absolute atomic E-state index is 12.1. The van der Waals surface area contributed by atoms with Gasteiger partial charge in [-0.25, -0.2) is 4.99 Å². The molecule has 0 bridgehead atoms. The Morgan fingerprint density at radius 1 is 1.26 bits per heavy atom. The van der Waals surface area contributed by atoms with Crippen LogP contribution in [0.15, 0.2) is 23.2 Å². The van der Waals surface area contributed by atoms with E-state index in [-0.39, 0.29) is 5.78 Å². The molecule has 3 rings (SSSR count). The van der Waals surface area contributed by atoms with E-state index in [1.165, 1.54) is 16.9 Å². The van der Waals surface area contributed by atoms with Crippen LogP contribution in [-0.2, 0) is 11.3 Å². The molecule has 1 N–H and O–H groups in total. The lowest BCUT2D eigenvalue weighted by Gasteiger charge is -2.23. The van der Waals surface area contributed by atoms with Crippen molar-refractivity contribution in [1.29, 1.82) is 0 Å². The summed E-state index contributed by atoms with van der Waals surface area (Å²) in [6.45, 7) is 13.8. The van der Waals surface area contributed by atoms with Gasteiger partial charge in [-0.2, -0.15) is 0 Å². The normalized spacial score (nSPS) is 16.1. The summed E-state index contributed by atoms with van der Waals surface area (Å²) < 4.78 is 7.66. The quantitative estimate of drug-likeness (QED) is 0.772. The van der Waals surface area contributed by atoms with Gasteiger partial charge < -0.3 is 14.2 Å². The standard InChI is InChI=1S/C21H29N3O2S/c1-15-6-7-19(16(2)14-15)22-21-24(17(3)20(27-21)18(4)25)9-5-8-23-10-12-26-13-11-23/h6-7,14H,5,8-13H2,1-4H3/p+1. The third-order valence-corrected chi connectivity index (χ3v) is 6.44. The summed E-state index contributed by atoms with van der Waals surface area (Å²) in [7, 11) is 0. The predicted octanol–water partition coefficient (Wildman–Crippen LogP) is 2.22. The number of ketones is 1. The highest BCUT2D eigenvalue weighted by Gasteiger charge is 2.16. The van der Waals surface area contributed by atoms with E-state index in [9.17, 15) is 4.79 Å². The average Bonchev–Trinajstić information content (AvgIpc) is 2.95. The summed E-state index contributed by atoms with van der Waals surface area (Å²) in [6, 6.07) is 6.30. The second-order valence-corrected chi connectivity index (χ2v) is 8.35. The molecule has 0 amide bonds. The number of carbonyl (C=O) groups excluding carboxylic acids is 1. The highest BCUT2D eigenvalue weighted by molar-refractivity contribution is 7.11. The first kappa shape index (κ1) is 20.0. The zero-order chi connectivity index (χ0) is 19.4. The highest BCUT2D eigenvalue weighted by atomic mass is 32.1. The molecule has 0 spiro atoms. The number of aryl methyl sites for hydroxylation is 2. The first-order valence-corrected chi connectivity index (χ1v) is 10.5.